The molecular formula is C9H7ClF5NO2. The molecule has 0 fully saturated rings. The molecule has 0 aliphatic rings. The highest BCUT2D eigenvalue weighted by molar-refractivity contribution is 6.16. The quantitative estimate of drug-likeness (QED) is 0.626. The summed E-state index contributed by atoms with van der Waals surface area (Å²) < 4.78 is 69.6. The van der Waals surface area contributed by atoms with Gasteiger partial charge in [-0.25, -0.2) is 13.8 Å². The van der Waals surface area contributed by atoms with Gasteiger partial charge in [0, 0.05) is 6.07 Å². The minimum absolute atomic E-state index is 0.0721. The fraction of sp³-hybridized carbons (Fsp3) is 0.444. The van der Waals surface area contributed by atoms with Crippen LogP contribution in [0, 0.1) is 0 Å². The largest absolute Gasteiger partial charge is 0.574 e. The van der Waals surface area contributed by atoms with Gasteiger partial charge in [-0.15, -0.1) is 24.8 Å². The van der Waals surface area contributed by atoms with Crippen LogP contribution >= 0.6 is 11.6 Å². The Balaban J connectivity index is 3.34. The van der Waals surface area contributed by atoms with Crippen molar-refractivity contribution in [3.8, 4) is 11.6 Å². The Morgan fingerprint density at radius 2 is 2.00 bits per heavy atom. The van der Waals surface area contributed by atoms with Gasteiger partial charge < -0.3 is 9.47 Å². The summed E-state index contributed by atoms with van der Waals surface area (Å²) in [4.78, 5) is 3.27. The fourth-order valence-corrected chi connectivity index (χ4v) is 1.32. The first kappa shape index (κ1) is 14.7. The zero-order valence-electron chi connectivity index (χ0n) is 8.89. The number of rotatable bonds is 4. The number of alkyl halides is 6. The number of pyridine rings is 1. The Bertz CT molecular complexity index is 424. The Morgan fingerprint density at radius 3 is 2.39 bits per heavy atom. The lowest BCUT2D eigenvalue weighted by atomic mass is 10.2. The summed E-state index contributed by atoms with van der Waals surface area (Å²) in [5.74, 6) is -1.99. The number of hydrogen-bond acceptors (Lipinski definition) is 3. The van der Waals surface area contributed by atoms with E-state index in [1.165, 1.54) is 0 Å². The lowest BCUT2D eigenvalue weighted by Crippen LogP contribution is -2.20. The molecule has 0 saturated carbocycles. The van der Waals surface area contributed by atoms with Gasteiger partial charge in [0.2, 0.25) is 5.88 Å². The molecule has 0 atom stereocenters. The van der Waals surface area contributed by atoms with Crippen LogP contribution in [0.25, 0.3) is 0 Å². The van der Waals surface area contributed by atoms with Crippen LogP contribution in [0.1, 0.15) is 17.7 Å². The highest BCUT2D eigenvalue weighted by atomic mass is 35.5. The molecule has 9 heteroatoms. The van der Waals surface area contributed by atoms with E-state index in [2.05, 4.69) is 14.5 Å². The number of halogens is 6. The maximum atomic E-state index is 12.7. The highest BCUT2D eigenvalue weighted by Gasteiger charge is 2.35. The molecule has 1 heterocycles. The van der Waals surface area contributed by atoms with Gasteiger partial charge in [-0.2, -0.15) is 0 Å². The van der Waals surface area contributed by atoms with E-state index in [0.29, 0.717) is 0 Å². The van der Waals surface area contributed by atoms with Crippen LogP contribution in [0.4, 0.5) is 22.0 Å². The molecule has 1 aromatic heterocycles. The van der Waals surface area contributed by atoms with Crippen LogP contribution in [0.15, 0.2) is 6.07 Å². The van der Waals surface area contributed by atoms with Gasteiger partial charge in [0.1, 0.15) is 11.3 Å². The van der Waals surface area contributed by atoms with E-state index in [1.54, 1.807) is 0 Å². The summed E-state index contributed by atoms with van der Waals surface area (Å²) in [5.41, 5.74) is -1.14. The van der Waals surface area contributed by atoms with Crippen LogP contribution in [-0.4, -0.2) is 18.5 Å². The number of aromatic nitrogens is 1. The first-order valence-electron chi connectivity index (χ1n) is 4.46. The van der Waals surface area contributed by atoms with E-state index in [4.69, 9.17) is 11.6 Å². The summed E-state index contributed by atoms with van der Waals surface area (Å²) in [6.07, 6.45) is -8.36. The highest BCUT2D eigenvalue weighted by Crippen LogP contribution is 2.38. The molecule has 18 heavy (non-hydrogen) atoms. The van der Waals surface area contributed by atoms with Crippen molar-refractivity contribution < 1.29 is 31.4 Å². The van der Waals surface area contributed by atoms with Gasteiger partial charge in [-0.1, -0.05) is 0 Å². The van der Waals surface area contributed by atoms with Gasteiger partial charge in [-0.05, 0) is 0 Å². The molecule has 0 N–H and O–H groups in total. The van der Waals surface area contributed by atoms with Gasteiger partial charge in [-0.3, -0.25) is 0 Å². The SMILES string of the molecule is COc1cc(CCl)nc(OC(F)(F)F)c1C(F)F. The van der Waals surface area contributed by atoms with Crippen molar-refractivity contribution in [3.63, 3.8) is 0 Å². The van der Waals surface area contributed by atoms with Crippen molar-refractivity contribution in [3.05, 3.63) is 17.3 Å². The average Bonchev–Trinajstić information content (AvgIpc) is 2.25. The summed E-state index contributed by atoms with van der Waals surface area (Å²) in [5, 5.41) is 0. The normalized spacial score (nSPS) is 11.8. The number of ether oxygens (including phenoxy) is 2. The third-order valence-electron chi connectivity index (χ3n) is 1.83. The van der Waals surface area contributed by atoms with E-state index in [0.717, 1.165) is 13.2 Å². The van der Waals surface area contributed by atoms with E-state index in [-0.39, 0.29) is 11.6 Å². The molecule has 0 saturated heterocycles. The molecule has 0 amide bonds. The zero-order valence-corrected chi connectivity index (χ0v) is 9.65. The van der Waals surface area contributed by atoms with E-state index < -0.39 is 30.0 Å². The third kappa shape index (κ3) is 3.59. The smallest absolute Gasteiger partial charge is 0.496 e. The predicted molar refractivity (Wildman–Crippen MR) is 52.0 cm³/mol. The van der Waals surface area contributed by atoms with E-state index in [9.17, 15) is 22.0 Å². The maximum absolute atomic E-state index is 12.7. The number of nitrogens with zero attached hydrogens (tertiary/aromatic N) is 1. The zero-order chi connectivity index (χ0) is 13.9. The minimum Gasteiger partial charge on any atom is -0.496 e. The lowest BCUT2D eigenvalue weighted by molar-refractivity contribution is -0.276. The van der Waals surface area contributed by atoms with Crippen molar-refractivity contribution >= 4 is 11.6 Å². The van der Waals surface area contributed by atoms with Crippen LogP contribution in [-0.2, 0) is 5.88 Å². The number of hydrogen-bond donors (Lipinski definition) is 0. The summed E-state index contributed by atoms with van der Waals surface area (Å²) in [6, 6.07) is 1.03. The summed E-state index contributed by atoms with van der Waals surface area (Å²) in [7, 11) is 1.04. The summed E-state index contributed by atoms with van der Waals surface area (Å²) >= 11 is 5.39. The van der Waals surface area contributed by atoms with Gasteiger partial charge in [0.05, 0.1) is 18.7 Å². The second-order valence-corrected chi connectivity index (χ2v) is 3.28. The first-order valence-corrected chi connectivity index (χ1v) is 4.99. The topological polar surface area (TPSA) is 31.4 Å². The molecule has 0 radical (unpaired) electrons. The van der Waals surface area contributed by atoms with Crippen LogP contribution in [0.2, 0.25) is 0 Å². The Kier molecular flexibility index (Phi) is 4.55. The minimum atomic E-state index is -5.13. The molecule has 0 bridgehead atoms. The molecule has 102 valence electrons. The second kappa shape index (κ2) is 5.55. The maximum Gasteiger partial charge on any atom is 0.574 e. The standard InChI is InChI=1S/C9H7ClF5NO2/c1-17-5-2-4(3-10)16-8(6(5)7(11)12)18-9(13,14)15/h2,7H,3H2,1H3. The molecule has 0 unspecified atom stereocenters. The van der Waals surface area contributed by atoms with Gasteiger partial charge >= 0.3 is 6.36 Å². The fourth-order valence-electron chi connectivity index (χ4n) is 1.18. The molecule has 0 aromatic carbocycles. The van der Waals surface area contributed by atoms with Crippen molar-refractivity contribution in [2.45, 2.75) is 18.7 Å². The number of methoxy groups -OCH3 is 1. The molecule has 0 spiro atoms. The van der Waals surface area contributed by atoms with Crippen LogP contribution < -0.4 is 9.47 Å². The van der Waals surface area contributed by atoms with Crippen molar-refractivity contribution in [2.75, 3.05) is 7.11 Å². The Labute approximate surface area is 103 Å². The monoisotopic (exact) mass is 291 g/mol. The molecule has 1 aromatic rings. The molecule has 1 rings (SSSR count). The van der Waals surface area contributed by atoms with E-state index >= 15 is 0 Å². The molecule has 3 nitrogen and oxygen atoms in total. The molecule has 0 aliphatic heterocycles. The summed E-state index contributed by atoms with van der Waals surface area (Å²) in [6.45, 7) is 0. The van der Waals surface area contributed by atoms with Crippen LogP contribution in [0.3, 0.4) is 0 Å². The van der Waals surface area contributed by atoms with Crippen molar-refractivity contribution in [1.29, 1.82) is 0 Å². The van der Waals surface area contributed by atoms with Gasteiger partial charge in [0.25, 0.3) is 6.43 Å². The Morgan fingerprint density at radius 1 is 1.39 bits per heavy atom. The first-order chi connectivity index (χ1) is 8.28. The predicted octanol–water partition coefficient (Wildman–Crippen LogP) is 3.67. The van der Waals surface area contributed by atoms with Crippen molar-refractivity contribution in [2.24, 2.45) is 0 Å². The Hall–Kier alpha value is -1.31. The van der Waals surface area contributed by atoms with Gasteiger partial charge in [0.15, 0.2) is 0 Å². The average molecular weight is 292 g/mol. The third-order valence-corrected chi connectivity index (χ3v) is 2.10. The molecule has 0 aliphatic carbocycles. The van der Waals surface area contributed by atoms with Crippen molar-refractivity contribution in [1.82, 2.24) is 4.98 Å². The van der Waals surface area contributed by atoms with Crippen LogP contribution in [0.5, 0.6) is 11.6 Å². The molecular weight excluding hydrogens is 285 g/mol. The van der Waals surface area contributed by atoms with E-state index in [1.807, 2.05) is 0 Å². The lowest BCUT2D eigenvalue weighted by Gasteiger charge is -2.15. The second-order valence-electron chi connectivity index (χ2n) is 3.02.